The molecule has 2 heterocycles. The molecule has 3 rings (SSSR count). The fourth-order valence-electron chi connectivity index (χ4n) is 2.58. The molecule has 0 saturated heterocycles. The number of fused-ring (bicyclic) bond motifs is 1. The minimum Gasteiger partial charge on any atom is -0.386 e. The molecule has 0 radical (unpaired) electrons. The monoisotopic (exact) mass is 297 g/mol. The molecule has 0 bridgehead atoms. The van der Waals surface area contributed by atoms with Gasteiger partial charge in [0.25, 0.3) is 5.91 Å². The smallest absolute Gasteiger partial charge is 0.254 e. The lowest BCUT2D eigenvalue weighted by molar-refractivity contribution is 0.0758. The third-order valence-corrected chi connectivity index (χ3v) is 3.90. The molecule has 5 heteroatoms. The highest BCUT2D eigenvalue weighted by molar-refractivity contribution is 5.98. The zero-order chi connectivity index (χ0) is 15.9. The molecule has 2 aromatic rings. The molecule has 22 heavy (non-hydrogen) atoms. The molecule has 0 spiro atoms. The molecular weight excluding hydrogens is 278 g/mol. The Morgan fingerprint density at radius 3 is 2.64 bits per heavy atom. The molecular formula is C17H19N3O2. The number of hydrogen-bond acceptors (Lipinski definition) is 4. The maximum absolute atomic E-state index is 12.5. The fraction of sp³-hybridized carbons (Fsp3) is 0.353. The van der Waals surface area contributed by atoms with Gasteiger partial charge in [0.15, 0.2) is 0 Å². The van der Waals surface area contributed by atoms with E-state index in [9.17, 15) is 9.90 Å². The van der Waals surface area contributed by atoms with Crippen LogP contribution in [0.5, 0.6) is 0 Å². The lowest BCUT2D eigenvalue weighted by atomic mass is 9.95. The molecule has 0 fully saturated rings. The van der Waals surface area contributed by atoms with Gasteiger partial charge in [-0.2, -0.15) is 10.2 Å². The molecule has 0 saturated carbocycles. The standard InChI is InChI=1S/C17H19N3O2/c1-11-4-7-14(19-18-11)10-20-9-12-5-6-13(17(2,3)22)8-15(12)16(20)21/h4-8,22H,9-10H2,1-3H3. The third-order valence-electron chi connectivity index (χ3n) is 3.90. The second-order valence-electron chi connectivity index (χ2n) is 6.26. The van der Waals surface area contributed by atoms with Gasteiger partial charge in [-0.05, 0) is 50.1 Å². The molecule has 0 unspecified atom stereocenters. The van der Waals surface area contributed by atoms with E-state index in [0.29, 0.717) is 18.7 Å². The van der Waals surface area contributed by atoms with E-state index in [0.717, 1.165) is 22.5 Å². The molecule has 1 aromatic carbocycles. The first-order valence-electron chi connectivity index (χ1n) is 7.29. The Morgan fingerprint density at radius 1 is 1.23 bits per heavy atom. The molecule has 5 nitrogen and oxygen atoms in total. The Kier molecular flexibility index (Phi) is 3.45. The number of hydrogen-bond donors (Lipinski definition) is 1. The number of carbonyl (C=O) groups excluding carboxylic acids is 1. The Bertz CT molecular complexity index is 718. The van der Waals surface area contributed by atoms with Crippen molar-refractivity contribution in [2.45, 2.75) is 39.5 Å². The van der Waals surface area contributed by atoms with E-state index >= 15 is 0 Å². The first-order chi connectivity index (χ1) is 10.3. The van der Waals surface area contributed by atoms with Crippen LogP contribution >= 0.6 is 0 Å². The lowest BCUT2D eigenvalue weighted by Crippen LogP contribution is -2.24. The van der Waals surface area contributed by atoms with Crippen molar-refractivity contribution in [3.63, 3.8) is 0 Å². The summed E-state index contributed by atoms with van der Waals surface area (Å²) in [6, 6.07) is 9.37. The van der Waals surface area contributed by atoms with Crippen LogP contribution in [0.2, 0.25) is 0 Å². The second-order valence-corrected chi connectivity index (χ2v) is 6.26. The Morgan fingerprint density at radius 2 is 2.00 bits per heavy atom. The minimum atomic E-state index is -0.953. The predicted molar refractivity (Wildman–Crippen MR) is 82.0 cm³/mol. The number of aromatic nitrogens is 2. The molecule has 1 aliphatic rings. The molecule has 114 valence electrons. The molecule has 1 amide bonds. The van der Waals surface area contributed by atoms with Crippen LogP contribution < -0.4 is 0 Å². The lowest BCUT2D eigenvalue weighted by Gasteiger charge is -2.18. The summed E-state index contributed by atoms with van der Waals surface area (Å²) >= 11 is 0. The summed E-state index contributed by atoms with van der Waals surface area (Å²) < 4.78 is 0. The zero-order valence-corrected chi connectivity index (χ0v) is 13.0. The summed E-state index contributed by atoms with van der Waals surface area (Å²) in [5.74, 6) is -0.0246. The van der Waals surface area contributed by atoms with E-state index in [2.05, 4.69) is 10.2 Å². The maximum atomic E-state index is 12.5. The fourth-order valence-corrected chi connectivity index (χ4v) is 2.58. The number of aliphatic hydroxyl groups is 1. The van der Waals surface area contributed by atoms with Gasteiger partial charge >= 0.3 is 0 Å². The summed E-state index contributed by atoms with van der Waals surface area (Å²) in [5, 5.41) is 18.2. The van der Waals surface area contributed by atoms with E-state index in [4.69, 9.17) is 0 Å². The highest BCUT2D eigenvalue weighted by Crippen LogP contribution is 2.29. The Balaban J connectivity index is 1.83. The van der Waals surface area contributed by atoms with Crippen molar-refractivity contribution in [1.29, 1.82) is 0 Å². The van der Waals surface area contributed by atoms with E-state index in [1.165, 1.54) is 0 Å². The largest absolute Gasteiger partial charge is 0.386 e. The van der Waals surface area contributed by atoms with Crippen LogP contribution in [0.3, 0.4) is 0 Å². The van der Waals surface area contributed by atoms with E-state index in [1.807, 2.05) is 31.2 Å². The number of aryl methyl sites for hydroxylation is 1. The first kappa shape index (κ1) is 14.7. The highest BCUT2D eigenvalue weighted by atomic mass is 16.3. The van der Waals surface area contributed by atoms with Gasteiger partial charge < -0.3 is 10.0 Å². The number of amides is 1. The summed E-state index contributed by atoms with van der Waals surface area (Å²) in [4.78, 5) is 14.3. The Labute approximate surface area is 129 Å². The number of benzene rings is 1. The van der Waals surface area contributed by atoms with Crippen LogP contribution in [-0.2, 0) is 18.7 Å². The van der Waals surface area contributed by atoms with Gasteiger partial charge in [-0.25, -0.2) is 0 Å². The van der Waals surface area contributed by atoms with Crippen molar-refractivity contribution in [3.05, 3.63) is 58.4 Å². The van der Waals surface area contributed by atoms with Crippen LogP contribution in [0, 0.1) is 6.92 Å². The van der Waals surface area contributed by atoms with Crippen LogP contribution in [0.15, 0.2) is 30.3 Å². The van der Waals surface area contributed by atoms with E-state index in [1.54, 1.807) is 24.8 Å². The Hall–Kier alpha value is -2.27. The van der Waals surface area contributed by atoms with Gasteiger partial charge in [0.05, 0.1) is 23.5 Å². The van der Waals surface area contributed by atoms with Gasteiger partial charge in [-0.15, -0.1) is 0 Å². The van der Waals surface area contributed by atoms with E-state index in [-0.39, 0.29) is 5.91 Å². The molecule has 1 aromatic heterocycles. The normalized spacial score (nSPS) is 14.4. The van der Waals surface area contributed by atoms with Crippen LogP contribution in [0.4, 0.5) is 0 Å². The van der Waals surface area contributed by atoms with Crippen molar-refractivity contribution in [1.82, 2.24) is 15.1 Å². The van der Waals surface area contributed by atoms with Gasteiger partial charge in [0.1, 0.15) is 0 Å². The second kappa shape index (κ2) is 5.18. The number of carbonyl (C=O) groups is 1. The molecule has 0 aliphatic carbocycles. The maximum Gasteiger partial charge on any atom is 0.254 e. The first-order valence-corrected chi connectivity index (χ1v) is 7.29. The zero-order valence-electron chi connectivity index (χ0n) is 13.0. The number of nitrogens with zero attached hydrogens (tertiary/aromatic N) is 3. The van der Waals surface area contributed by atoms with Crippen LogP contribution in [-0.4, -0.2) is 26.1 Å². The molecule has 0 atom stereocenters. The van der Waals surface area contributed by atoms with Gasteiger partial charge in [0, 0.05) is 12.1 Å². The topological polar surface area (TPSA) is 66.3 Å². The van der Waals surface area contributed by atoms with Crippen molar-refractivity contribution in [2.24, 2.45) is 0 Å². The van der Waals surface area contributed by atoms with Crippen molar-refractivity contribution >= 4 is 5.91 Å². The third kappa shape index (κ3) is 2.72. The highest BCUT2D eigenvalue weighted by Gasteiger charge is 2.29. The average Bonchev–Trinajstić information content (AvgIpc) is 2.77. The summed E-state index contributed by atoms with van der Waals surface area (Å²) in [5.41, 5.74) is 3.07. The van der Waals surface area contributed by atoms with Gasteiger partial charge in [-0.3, -0.25) is 4.79 Å². The SMILES string of the molecule is Cc1ccc(CN2Cc3ccc(C(C)(C)O)cc3C2=O)nn1. The van der Waals surface area contributed by atoms with Crippen LogP contribution in [0.1, 0.15) is 46.7 Å². The van der Waals surface area contributed by atoms with Gasteiger partial charge in [-0.1, -0.05) is 12.1 Å². The van der Waals surface area contributed by atoms with Crippen molar-refractivity contribution in [3.8, 4) is 0 Å². The summed E-state index contributed by atoms with van der Waals surface area (Å²) in [7, 11) is 0. The molecule has 1 N–H and O–H groups in total. The van der Waals surface area contributed by atoms with E-state index < -0.39 is 5.60 Å². The minimum absolute atomic E-state index is 0.0246. The molecule has 1 aliphatic heterocycles. The predicted octanol–water partition coefficient (Wildman–Crippen LogP) is 2.17. The van der Waals surface area contributed by atoms with Crippen LogP contribution in [0.25, 0.3) is 0 Å². The quantitative estimate of drug-likeness (QED) is 0.943. The summed E-state index contributed by atoms with van der Waals surface area (Å²) in [6.45, 7) is 6.32. The average molecular weight is 297 g/mol. The number of rotatable bonds is 3. The van der Waals surface area contributed by atoms with Crippen molar-refractivity contribution < 1.29 is 9.90 Å². The van der Waals surface area contributed by atoms with Crippen molar-refractivity contribution in [2.75, 3.05) is 0 Å². The summed E-state index contributed by atoms with van der Waals surface area (Å²) in [6.07, 6.45) is 0. The van der Waals surface area contributed by atoms with Gasteiger partial charge in [0.2, 0.25) is 0 Å².